The lowest BCUT2D eigenvalue weighted by atomic mass is 10.0. The Morgan fingerprint density at radius 2 is 1.94 bits per heavy atom. The second kappa shape index (κ2) is 6.01. The topological polar surface area (TPSA) is 46.3 Å². The Morgan fingerprint density at radius 1 is 1.33 bits per heavy atom. The molecule has 0 aliphatic carbocycles. The van der Waals surface area contributed by atoms with E-state index >= 15 is 0 Å². The van der Waals surface area contributed by atoms with Gasteiger partial charge in [0.1, 0.15) is 0 Å². The van der Waals surface area contributed by atoms with Crippen molar-refractivity contribution in [3.8, 4) is 0 Å². The Bertz CT molecular complexity index is 407. The molecule has 0 unspecified atom stereocenters. The van der Waals surface area contributed by atoms with Crippen molar-refractivity contribution in [2.45, 2.75) is 39.2 Å². The van der Waals surface area contributed by atoms with Crippen LogP contribution in [-0.4, -0.2) is 29.9 Å². The second-order valence-corrected chi connectivity index (χ2v) is 5.66. The summed E-state index contributed by atoms with van der Waals surface area (Å²) in [7, 11) is 1.84. The van der Waals surface area contributed by atoms with Crippen LogP contribution in [0.4, 0.5) is 0 Å². The van der Waals surface area contributed by atoms with Crippen molar-refractivity contribution in [2.75, 3.05) is 13.6 Å². The van der Waals surface area contributed by atoms with Crippen LogP contribution in [0.1, 0.15) is 31.4 Å². The molecule has 0 aromatic heterocycles. The smallest absolute Gasteiger partial charge is 0.224 e. The first-order valence-electron chi connectivity index (χ1n) is 6.37. The number of rotatable bonds is 5. The normalized spacial score (nSPS) is 11.4. The van der Waals surface area contributed by atoms with Crippen molar-refractivity contribution in [3.05, 3.63) is 35.4 Å². The molecule has 1 aromatic rings. The van der Waals surface area contributed by atoms with Gasteiger partial charge in [-0.3, -0.25) is 4.79 Å². The highest BCUT2D eigenvalue weighted by Crippen LogP contribution is 2.10. The molecule has 18 heavy (non-hydrogen) atoms. The van der Waals surface area contributed by atoms with Crippen LogP contribution in [0.15, 0.2) is 24.3 Å². The molecule has 0 aliphatic heterocycles. The predicted octanol–water partition coefficient (Wildman–Crippen LogP) is 2.12. The highest BCUT2D eigenvalue weighted by atomic mass is 16.2. The minimum absolute atomic E-state index is 0.107. The summed E-state index contributed by atoms with van der Waals surface area (Å²) in [5.74, 6) is 0.107. The molecule has 0 fully saturated rings. The molecule has 2 N–H and O–H groups in total. The van der Waals surface area contributed by atoms with Crippen LogP contribution < -0.4 is 5.73 Å². The number of benzene rings is 1. The molecule has 100 valence electrons. The van der Waals surface area contributed by atoms with Crippen LogP contribution in [-0.2, 0) is 11.2 Å². The van der Waals surface area contributed by atoms with Crippen LogP contribution in [0.2, 0.25) is 0 Å². The Labute approximate surface area is 110 Å². The lowest BCUT2D eigenvalue weighted by Gasteiger charge is -2.23. The monoisotopic (exact) mass is 248 g/mol. The number of aryl methyl sites for hydroxylation is 1. The van der Waals surface area contributed by atoms with E-state index in [9.17, 15) is 4.79 Å². The number of hydrogen-bond acceptors (Lipinski definition) is 2. The summed E-state index contributed by atoms with van der Waals surface area (Å²) in [6, 6.07) is 8.28. The first-order chi connectivity index (χ1) is 8.29. The zero-order valence-corrected chi connectivity index (χ0v) is 11.9. The molecule has 0 aliphatic rings. The molecule has 3 heteroatoms. The van der Waals surface area contributed by atoms with E-state index in [0.717, 1.165) is 13.0 Å². The van der Waals surface area contributed by atoms with Gasteiger partial charge in [-0.15, -0.1) is 0 Å². The molecule has 3 nitrogen and oxygen atoms in total. The van der Waals surface area contributed by atoms with Crippen LogP contribution in [0.5, 0.6) is 0 Å². The van der Waals surface area contributed by atoms with E-state index in [1.165, 1.54) is 11.1 Å². The zero-order chi connectivity index (χ0) is 13.8. The highest BCUT2D eigenvalue weighted by molar-refractivity contribution is 5.77. The summed E-state index contributed by atoms with van der Waals surface area (Å²) in [5, 5.41) is 0. The molecule has 0 heterocycles. The van der Waals surface area contributed by atoms with E-state index in [4.69, 9.17) is 5.73 Å². The number of hydrogen-bond donors (Lipinski definition) is 1. The molecular weight excluding hydrogens is 224 g/mol. The minimum Gasteiger partial charge on any atom is -0.345 e. The number of nitrogens with zero attached hydrogens (tertiary/aromatic N) is 1. The summed E-state index contributed by atoms with van der Waals surface area (Å²) in [6.45, 7) is 6.58. The Morgan fingerprint density at radius 3 is 2.50 bits per heavy atom. The molecule has 0 saturated heterocycles. The van der Waals surface area contributed by atoms with Gasteiger partial charge in [0.05, 0.1) is 0 Å². The maximum absolute atomic E-state index is 11.9. The van der Waals surface area contributed by atoms with Crippen molar-refractivity contribution in [1.82, 2.24) is 4.90 Å². The summed E-state index contributed by atoms with van der Waals surface area (Å²) >= 11 is 0. The van der Waals surface area contributed by atoms with Crippen LogP contribution in [0, 0.1) is 6.92 Å². The van der Waals surface area contributed by atoms with Crippen LogP contribution in [0.25, 0.3) is 0 Å². The summed E-state index contributed by atoms with van der Waals surface area (Å²) < 4.78 is 0. The van der Waals surface area contributed by atoms with Crippen LogP contribution >= 0.6 is 0 Å². The number of likely N-dealkylation sites (N-methyl/N-ethyl adjacent to an activating group) is 1. The number of nitrogens with two attached hydrogens (primary N) is 1. The fourth-order valence-corrected chi connectivity index (χ4v) is 1.83. The standard InChI is InChI=1S/C15H24N2O/c1-12-7-5-6-8-13(12)9-10-17(4)14(18)11-15(2,3)16/h5-8H,9-11,16H2,1-4H3. The van der Waals surface area contributed by atoms with Gasteiger partial charge in [-0.05, 0) is 38.3 Å². The second-order valence-electron chi connectivity index (χ2n) is 5.66. The molecule has 1 rings (SSSR count). The summed E-state index contributed by atoms with van der Waals surface area (Å²) in [5.41, 5.74) is 7.99. The largest absolute Gasteiger partial charge is 0.345 e. The Balaban J connectivity index is 2.49. The Kier molecular flexibility index (Phi) is 4.91. The molecule has 0 atom stereocenters. The first-order valence-corrected chi connectivity index (χ1v) is 6.37. The van der Waals surface area contributed by atoms with E-state index in [1.807, 2.05) is 33.0 Å². The van der Waals surface area contributed by atoms with Crippen molar-refractivity contribution in [3.63, 3.8) is 0 Å². The van der Waals surface area contributed by atoms with E-state index in [1.54, 1.807) is 4.90 Å². The van der Waals surface area contributed by atoms with Crippen molar-refractivity contribution < 1.29 is 4.79 Å². The van der Waals surface area contributed by atoms with E-state index < -0.39 is 5.54 Å². The van der Waals surface area contributed by atoms with E-state index in [2.05, 4.69) is 19.1 Å². The van der Waals surface area contributed by atoms with Gasteiger partial charge in [0.15, 0.2) is 0 Å². The fraction of sp³-hybridized carbons (Fsp3) is 0.533. The maximum atomic E-state index is 11.9. The number of amides is 1. The van der Waals surface area contributed by atoms with Gasteiger partial charge in [0.2, 0.25) is 5.91 Å². The number of carbonyl (C=O) groups is 1. The van der Waals surface area contributed by atoms with Gasteiger partial charge in [0, 0.05) is 25.6 Å². The average molecular weight is 248 g/mol. The van der Waals surface area contributed by atoms with Gasteiger partial charge >= 0.3 is 0 Å². The van der Waals surface area contributed by atoms with Gasteiger partial charge in [-0.25, -0.2) is 0 Å². The van der Waals surface area contributed by atoms with Crippen molar-refractivity contribution in [2.24, 2.45) is 5.73 Å². The molecule has 0 bridgehead atoms. The van der Waals surface area contributed by atoms with E-state index in [-0.39, 0.29) is 5.91 Å². The summed E-state index contributed by atoms with van der Waals surface area (Å²) in [6.07, 6.45) is 1.27. The van der Waals surface area contributed by atoms with Crippen molar-refractivity contribution in [1.29, 1.82) is 0 Å². The minimum atomic E-state index is -0.437. The number of carbonyl (C=O) groups excluding carboxylic acids is 1. The molecule has 0 saturated carbocycles. The third-order valence-corrected chi connectivity index (χ3v) is 3.01. The first kappa shape index (κ1) is 14.7. The molecule has 0 spiro atoms. The van der Waals surface area contributed by atoms with Crippen LogP contribution in [0.3, 0.4) is 0 Å². The quantitative estimate of drug-likeness (QED) is 0.867. The Hall–Kier alpha value is -1.35. The third kappa shape index (κ3) is 4.88. The SMILES string of the molecule is Cc1ccccc1CCN(C)C(=O)CC(C)(C)N. The molecule has 0 radical (unpaired) electrons. The van der Waals surface area contributed by atoms with Gasteiger partial charge < -0.3 is 10.6 Å². The fourth-order valence-electron chi connectivity index (χ4n) is 1.83. The zero-order valence-electron chi connectivity index (χ0n) is 11.9. The van der Waals surface area contributed by atoms with Gasteiger partial charge in [-0.2, -0.15) is 0 Å². The maximum Gasteiger partial charge on any atom is 0.224 e. The van der Waals surface area contributed by atoms with Gasteiger partial charge in [-0.1, -0.05) is 24.3 Å². The molecule has 1 aromatic carbocycles. The third-order valence-electron chi connectivity index (χ3n) is 3.01. The lowest BCUT2D eigenvalue weighted by Crippen LogP contribution is -2.40. The van der Waals surface area contributed by atoms with Gasteiger partial charge in [0.25, 0.3) is 0 Å². The summed E-state index contributed by atoms with van der Waals surface area (Å²) in [4.78, 5) is 13.7. The molecule has 1 amide bonds. The van der Waals surface area contributed by atoms with Crippen molar-refractivity contribution >= 4 is 5.91 Å². The highest BCUT2D eigenvalue weighted by Gasteiger charge is 2.19. The average Bonchev–Trinajstić information content (AvgIpc) is 2.25. The predicted molar refractivity (Wildman–Crippen MR) is 75.4 cm³/mol. The molecular formula is C15H24N2O. The van der Waals surface area contributed by atoms with E-state index in [0.29, 0.717) is 6.42 Å². The lowest BCUT2D eigenvalue weighted by molar-refractivity contribution is -0.130.